The van der Waals surface area contributed by atoms with Gasteiger partial charge in [0, 0.05) is 17.1 Å². The number of rotatable bonds is 5. The zero-order valence-electron chi connectivity index (χ0n) is 12.7. The summed E-state index contributed by atoms with van der Waals surface area (Å²) in [5.41, 5.74) is 3.46. The van der Waals surface area contributed by atoms with Crippen LogP contribution in [0.15, 0.2) is 46.8 Å². The fraction of sp³-hybridized carbons (Fsp3) is 0.235. The van der Waals surface area contributed by atoms with E-state index >= 15 is 0 Å². The molecule has 1 N–H and O–H groups in total. The molecule has 2 nitrogen and oxygen atoms in total. The Kier molecular flexibility index (Phi) is 6.17. The van der Waals surface area contributed by atoms with E-state index in [-0.39, 0.29) is 0 Å². The monoisotopic (exact) mass is 394 g/mol. The maximum Gasteiger partial charge on any atom is 0.174 e. The number of nitrogens with one attached hydrogen (secondary N) is 1. The SMILES string of the molecule is C=CCN(Cc1ccc(Br)s1)C(=S)Nc1cc(C)ccc1C. The van der Waals surface area contributed by atoms with Crippen LogP contribution in [0, 0.1) is 13.8 Å². The first-order chi connectivity index (χ1) is 10.5. The molecule has 1 aromatic heterocycles. The molecule has 1 heterocycles. The number of hydrogen-bond donors (Lipinski definition) is 1. The molecule has 0 spiro atoms. The van der Waals surface area contributed by atoms with Crippen molar-refractivity contribution in [3.8, 4) is 0 Å². The third-order valence-corrected chi connectivity index (χ3v) is 5.22. The molecule has 0 aliphatic rings. The number of hydrogen-bond acceptors (Lipinski definition) is 2. The number of aryl methyl sites for hydroxylation is 2. The van der Waals surface area contributed by atoms with Crippen LogP contribution in [0.1, 0.15) is 16.0 Å². The first-order valence-corrected chi connectivity index (χ1v) is 8.99. The number of anilines is 1. The van der Waals surface area contributed by atoms with Crippen molar-refractivity contribution in [1.29, 1.82) is 0 Å². The van der Waals surface area contributed by atoms with E-state index in [0.717, 1.165) is 21.1 Å². The highest BCUT2D eigenvalue weighted by molar-refractivity contribution is 9.11. The maximum absolute atomic E-state index is 5.59. The highest BCUT2D eigenvalue weighted by atomic mass is 79.9. The molecular formula is C17H19BrN2S2. The summed E-state index contributed by atoms with van der Waals surface area (Å²) in [6.45, 7) is 9.49. The summed E-state index contributed by atoms with van der Waals surface area (Å²) in [5.74, 6) is 0. The molecule has 0 radical (unpaired) electrons. The van der Waals surface area contributed by atoms with Crippen LogP contribution in [0.4, 0.5) is 5.69 Å². The zero-order valence-corrected chi connectivity index (χ0v) is 15.9. The number of benzene rings is 1. The van der Waals surface area contributed by atoms with Crippen LogP contribution in [-0.2, 0) is 6.54 Å². The number of nitrogens with zero attached hydrogens (tertiary/aromatic N) is 1. The summed E-state index contributed by atoms with van der Waals surface area (Å²) in [7, 11) is 0. The lowest BCUT2D eigenvalue weighted by Gasteiger charge is -2.24. The van der Waals surface area contributed by atoms with Crippen molar-refractivity contribution in [3.05, 3.63) is 62.8 Å². The van der Waals surface area contributed by atoms with Gasteiger partial charge in [0.05, 0.1) is 10.3 Å². The molecule has 0 aliphatic heterocycles. The second kappa shape index (κ2) is 7.90. The van der Waals surface area contributed by atoms with Crippen LogP contribution in [0.25, 0.3) is 0 Å². The molecule has 22 heavy (non-hydrogen) atoms. The first-order valence-electron chi connectivity index (χ1n) is 6.98. The van der Waals surface area contributed by atoms with Gasteiger partial charge in [-0.05, 0) is 71.3 Å². The van der Waals surface area contributed by atoms with E-state index < -0.39 is 0 Å². The minimum Gasteiger partial charge on any atom is -0.340 e. The second-order valence-electron chi connectivity index (χ2n) is 5.12. The molecule has 1 aromatic carbocycles. The highest BCUT2D eigenvalue weighted by Gasteiger charge is 2.11. The topological polar surface area (TPSA) is 15.3 Å². The van der Waals surface area contributed by atoms with Gasteiger partial charge in [0.1, 0.15) is 0 Å². The quantitative estimate of drug-likeness (QED) is 0.531. The van der Waals surface area contributed by atoms with Gasteiger partial charge in [0.2, 0.25) is 0 Å². The molecular weight excluding hydrogens is 376 g/mol. The van der Waals surface area contributed by atoms with Crippen LogP contribution >= 0.6 is 39.5 Å². The van der Waals surface area contributed by atoms with Gasteiger partial charge in [-0.3, -0.25) is 0 Å². The Labute approximate surface area is 150 Å². The number of halogens is 1. The smallest absolute Gasteiger partial charge is 0.174 e. The van der Waals surface area contributed by atoms with E-state index in [9.17, 15) is 0 Å². The van der Waals surface area contributed by atoms with E-state index in [0.29, 0.717) is 6.54 Å². The molecule has 0 fully saturated rings. The Morgan fingerprint density at radius 3 is 2.77 bits per heavy atom. The molecule has 0 unspecified atom stereocenters. The molecule has 0 aliphatic carbocycles. The third kappa shape index (κ3) is 4.66. The van der Waals surface area contributed by atoms with Gasteiger partial charge in [0.25, 0.3) is 0 Å². The van der Waals surface area contributed by atoms with E-state index in [1.54, 1.807) is 11.3 Å². The predicted molar refractivity (Wildman–Crippen MR) is 105 cm³/mol. The Morgan fingerprint density at radius 2 is 2.14 bits per heavy atom. The minimum atomic E-state index is 0.714. The summed E-state index contributed by atoms with van der Waals surface area (Å²) >= 11 is 10.8. The van der Waals surface area contributed by atoms with Crippen molar-refractivity contribution >= 4 is 50.3 Å². The van der Waals surface area contributed by atoms with Crippen molar-refractivity contribution in [2.24, 2.45) is 0 Å². The molecule has 0 saturated carbocycles. The number of thiocarbonyl (C=S) groups is 1. The largest absolute Gasteiger partial charge is 0.340 e. The molecule has 116 valence electrons. The fourth-order valence-corrected chi connectivity index (χ4v) is 3.81. The van der Waals surface area contributed by atoms with Crippen LogP contribution in [0.5, 0.6) is 0 Å². The van der Waals surface area contributed by atoms with Crippen molar-refractivity contribution in [1.82, 2.24) is 4.90 Å². The molecule has 0 saturated heterocycles. The second-order valence-corrected chi connectivity index (χ2v) is 8.06. The molecule has 0 atom stereocenters. The van der Waals surface area contributed by atoms with E-state index in [1.165, 1.54) is 16.0 Å². The minimum absolute atomic E-state index is 0.714. The van der Waals surface area contributed by atoms with Crippen LogP contribution in [0.2, 0.25) is 0 Å². The van der Waals surface area contributed by atoms with Gasteiger partial charge in [-0.15, -0.1) is 17.9 Å². The number of thiophene rings is 1. The van der Waals surface area contributed by atoms with Crippen LogP contribution < -0.4 is 5.32 Å². The summed E-state index contributed by atoms with van der Waals surface area (Å²) in [6.07, 6.45) is 1.87. The first kappa shape index (κ1) is 17.2. The highest BCUT2D eigenvalue weighted by Crippen LogP contribution is 2.24. The molecule has 2 rings (SSSR count). The normalized spacial score (nSPS) is 10.3. The summed E-state index contributed by atoms with van der Waals surface area (Å²) < 4.78 is 1.13. The average molecular weight is 395 g/mol. The summed E-state index contributed by atoms with van der Waals surface area (Å²) in [4.78, 5) is 3.38. The van der Waals surface area contributed by atoms with Crippen molar-refractivity contribution < 1.29 is 0 Å². The van der Waals surface area contributed by atoms with Crippen molar-refractivity contribution in [2.75, 3.05) is 11.9 Å². The molecule has 5 heteroatoms. The molecule has 0 amide bonds. The Balaban J connectivity index is 2.12. The van der Waals surface area contributed by atoms with Gasteiger partial charge < -0.3 is 10.2 Å². The van der Waals surface area contributed by atoms with Gasteiger partial charge in [-0.2, -0.15) is 0 Å². The van der Waals surface area contributed by atoms with E-state index in [2.05, 4.69) is 76.9 Å². The van der Waals surface area contributed by atoms with E-state index in [1.807, 2.05) is 6.08 Å². The molecule has 0 bridgehead atoms. The summed E-state index contributed by atoms with van der Waals surface area (Å²) in [6, 6.07) is 10.5. The van der Waals surface area contributed by atoms with Crippen molar-refractivity contribution in [3.63, 3.8) is 0 Å². The van der Waals surface area contributed by atoms with Gasteiger partial charge in [-0.1, -0.05) is 18.2 Å². The van der Waals surface area contributed by atoms with Gasteiger partial charge in [0.15, 0.2) is 5.11 Å². The maximum atomic E-state index is 5.59. The van der Waals surface area contributed by atoms with Gasteiger partial charge in [-0.25, -0.2) is 0 Å². The van der Waals surface area contributed by atoms with Crippen molar-refractivity contribution in [2.45, 2.75) is 20.4 Å². The lowest BCUT2D eigenvalue weighted by molar-refractivity contribution is 0.468. The van der Waals surface area contributed by atoms with Crippen LogP contribution in [0.3, 0.4) is 0 Å². The standard InChI is InChI=1S/C17H19BrN2S2/c1-4-9-20(11-14-7-8-16(18)22-14)17(21)19-15-10-12(2)5-6-13(15)3/h4-8,10H,1,9,11H2,2-3H3,(H,19,21). The van der Waals surface area contributed by atoms with Gasteiger partial charge >= 0.3 is 0 Å². The zero-order chi connectivity index (χ0) is 16.1. The lowest BCUT2D eigenvalue weighted by atomic mass is 10.1. The lowest BCUT2D eigenvalue weighted by Crippen LogP contribution is -2.34. The third-order valence-electron chi connectivity index (χ3n) is 3.25. The van der Waals surface area contributed by atoms with Crippen LogP contribution in [-0.4, -0.2) is 16.6 Å². The predicted octanol–water partition coefficient (Wildman–Crippen LogP) is 5.51. The Hall–Kier alpha value is -1.17. The average Bonchev–Trinajstić information content (AvgIpc) is 2.88. The van der Waals surface area contributed by atoms with E-state index in [4.69, 9.17) is 12.2 Å². The Bertz CT molecular complexity index is 679. The summed E-state index contributed by atoms with van der Waals surface area (Å²) in [5, 5.41) is 4.09. The fourth-order valence-electron chi connectivity index (χ4n) is 2.06. The molecule has 2 aromatic rings. The Morgan fingerprint density at radius 1 is 1.36 bits per heavy atom.